The maximum absolute atomic E-state index is 12.0. The van der Waals surface area contributed by atoms with E-state index < -0.39 is 0 Å². The fraction of sp³-hybridized carbons (Fsp3) is 0.381. The molecule has 0 radical (unpaired) electrons. The normalized spacial score (nSPS) is 10.4. The lowest BCUT2D eigenvalue weighted by molar-refractivity contribution is -0.118. The summed E-state index contributed by atoms with van der Waals surface area (Å²) >= 11 is 5.82. The molecule has 5 heteroatoms. The number of unbranched alkanes of at least 4 members (excludes halogenated alkanes) is 4. The summed E-state index contributed by atoms with van der Waals surface area (Å²) in [7, 11) is 0. The molecule has 1 N–H and O–H groups in total. The highest BCUT2D eigenvalue weighted by molar-refractivity contribution is 6.30. The Balaban J connectivity index is 1.71. The van der Waals surface area contributed by atoms with Gasteiger partial charge in [0, 0.05) is 16.8 Å². The van der Waals surface area contributed by atoms with Crippen LogP contribution >= 0.6 is 11.6 Å². The summed E-state index contributed by atoms with van der Waals surface area (Å²) in [6, 6.07) is 14.3. The van der Waals surface area contributed by atoms with E-state index in [2.05, 4.69) is 12.2 Å². The first-order valence-corrected chi connectivity index (χ1v) is 9.46. The van der Waals surface area contributed by atoms with E-state index in [1.165, 1.54) is 25.7 Å². The summed E-state index contributed by atoms with van der Waals surface area (Å²) in [6.45, 7) is 2.84. The molecule has 0 saturated carbocycles. The molecule has 0 aliphatic carbocycles. The average molecular weight is 376 g/mol. The van der Waals surface area contributed by atoms with E-state index in [-0.39, 0.29) is 12.5 Å². The molecule has 140 valence electrons. The molecule has 0 atom stereocenters. The molecule has 0 fully saturated rings. The van der Waals surface area contributed by atoms with Crippen molar-refractivity contribution >= 4 is 23.2 Å². The number of benzene rings is 2. The maximum Gasteiger partial charge on any atom is 0.262 e. The monoisotopic (exact) mass is 375 g/mol. The Kier molecular flexibility index (Phi) is 8.84. The topological polar surface area (TPSA) is 47.6 Å². The van der Waals surface area contributed by atoms with Crippen LogP contribution in [-0.2, 0) is 4.79 Å². The summed E-state index contributed by atoms with van der Waals surface area (Å²) in [5, 5.41) is 3.39. The maximum atomic E-state index is 12.0. The lowest BCUT2D eigenvalue weighted by atomic mass is 10.2. The van der Waals surface area contributed by atoms with Crippen LogP contribution < -0.4 is 14.8 Å². The van der Waals surface area contributed by atoms with Crippen LogP contribution in [0, 0.1) is 0 Å². The molecule has 0 aliphatic rings. The van der Waals surface area contributed by atoms with Gasteiger partial charge in [0.15, 0.2) is 6.61 Å². The Labute approximate surface area is 160 Å². The first kappa shape index (κ1) is 20.1. The Hall–Kier alpha value is -2.20. The van der Waals surface area contributed by atoms with E-state index in [9.17, 15) is 4.79 Å². The molecule has 2 aromatic rings. The predicted octanol–water partition coefficient (Wildman–Crippen LogP) is 5.71. The summed E-state index contributed by atoms with van der Waals surface area (Å²) in [6.07, 6.45) is 6.02. The summed E-state index contributed by atoms with van der Waals surface area (Å²) in [5.74, 6) is 1.14. The van der Waals surface area contributed by atoms with Gasteiger partial charge in [0.05, 0.1) is 6.61 Å². The number of hydrogen-bond donors (Lipinski definition) is 1. The first-order valence-electron chi connectivity index (χ1n) is 9.08. The number of ether oxygens (including phenoxy) is 2. The Morgan fingerprint density at radius 3 is 2.38 bits per heavy atom. The molecule has 0 heterocycles. The van der Waals surface area contributed by atoms with Crippen LogP contribution in [0.5, 0.6) is 11.5 Å². The molecular weight excluding hydrogens is 350 g/mol. The third kappa shape index (κ3) is 7.79. The average Bonchev–Trinajstić information content (AvgIpc) is 2.65. The summed E-state index contributed by atoms with van der Waals surface area (Å²) in [4.78, 5) is 12.0. The smallest absolute Gasteiger partial charge is 0.262 e. The minimum Gasteiger partial charge on any atom is -0.493 e. The van der Waals surface area contributed by atoms with Crippen molar-refractivity contribution in [3.05, 3.63) is 53.6 Å². The minimum absolute atomic E-state index is 0.0664. The molecular formula is C21H26ClNO3. The highest BCUT2D eigenvalue weighted by Crippen LogP contribution is 2.20. The van der Waals surface area contributed by atoms with Crippen molar-refractivity contribution in [3.63, 3.8) is 0 Å². The van der Waals surface area contributed by atoms with Crippen LogP contribution in [0.4, 0.5) is 5.69 Å². The van der Waals surface area contributed by atoms with E-state index in [4.69, 9.17) is 21.1 Å². The zero-order valence-electron chi connectivity index (χ0n) is 15.2. The van der Waals surface area contributed by atoms with Gasteiger partial charge < -0.3 is 14.8 Å². The second-order valence-corrected chi connectivity index (χ2v) is 6.52. The molecule has 0 aliphatic heterocycles. The molecule has 2 aromatic carbocycles. The Morgan fingerprint density at radius 1 is 0.962 bits per heavy atom. The van der Waals surface area contributed by atoms with Gasteiger partial charge >= 0.3 is 0 Å². The van der Waals surface area contributed by atoms with Crippen LogP contribution in [0.15, 0.2) is 48.5 Å². The number of carbonyl (C=O) groups excluding carboxylic acids is 1. The van der Waals surface area contributed by atoms with E-state index in [1.54, 1.807) is 24.3 Å². The Morgan fingerprint density at radius 2 is 1.65 bits per heavy atom. The molecule has 0 bridgehead atoms. The van der Waals surface area contributed by atoms with E-state index >= 15 is 0 Å². The van der Waals surface area contributed by atoms with Crippen LogP contribution in [0.3, 0.4) is 0 Å². The zero-order chi connectivity index (χ0) is 18.6. The van der Waals surface area contributed by atoms with Gasteiger partial charge in [-0.15, -0.1) is 0 Å². The number of hydrogen-bond acceptors (Lipinski definition) is 3. The van der Waals surface area contributed by atoms with E-state index in [0.29, 0.717) is 23.1 Å². The number of anilines is 1. The third-order valence-electron chi connectivity index (χ3n) is 3.82. The SMILES string of the molecule is CCCCCCCOc1cccc(OCC(=O)Nc2ccc(Cl)cc2)c1. The van der Waals surface area contributed by atoms with Crippen molar-refractivity contribution in [1.82, 2.24) is 0 Å². The second-order valence-electron chi connectivity index (χ2n) is 6.08. The highest BCUT2D eigenvalue weighted by Gasteiger charge is 2.05. The van der Waals surface area contributed by atoms with Gasteiger partial charge in [0.2, 0.25) is 0 Å². The predicted molar refractivity (Wildman–Crippen MR) is 106 cm³/mol. The minimum atomic E-state index is -0.227. The van der Waals surface area contributed by atoms with Crippen molar-refractivity contribution in [1.29, 1.82) is 0 Å². The van der Waals surface area contributed by atoms with Gasteiger partial charge in [-0.05, 0) is 42.8 Å². The largest absolute Gasteiger partial charge is 0.493 e. The Bertz CT molecular complexity index is 673. The molecule has 2 rings (SSSR count). The van der Waals surface area contributed by atoms with Crippen molar-refractivity contribution in [2.75, 3.05) is 18.5 Å². The molecule has 0 unspecified atom stereocenters. The van der Waals surface area contributed by atoms with Crippen molar-refractivity contribution in [2.24, 2.45) is 0 Å². The van der Waals surface area contributed by atoms with Crippen molar-refractivity contribution in [2.45, 2.75) is 39.0 Å². The molecule has 0 aromatic heterocycles. The van der Waals surface area contributed by atoms with Crippen LogP contribution in [-0.4, -0.2) is 19.1 Å². The van der Waals surface area contributed by atoms with Crippen molar-refractivity contribution in [3.8, 4) is 11.5 Å². The first-order chi connectivity index (χ1) is 12.7. The summed E-state index contributed by atoms with van der Waals surface area (Å²) < 4.78 is 11.3. The van der Waals surface area contributed by atoms with Gasteiger partial charge in [-0.2, -0.15) is 0 Å². The molecule has 26 heavy (non-hydrogen) atoms. The van der Waals surface area contributed by atoms with Crippen molar-refractivity contribution < 1.29 is 14.3 Å². The number of carbonyl (C=O) groups is 1. The number of nitrogens with one attached hydrogen (secondary N) is 1. The highest BCUT2D eigenvalue weighted by atomic mass is 35.5. The number of rotatable bonds is 11. The molecule has 1 amide bonds. The lowest BCUT2D eigenvalue weighted by Gasteiger charge is -2.10. The quantitative estimate of drug-likeness (QED) is 0.512. The fourth-order valence-electron chi connectivity index (χ4n) is 2.43. The van der Waals surface area contributed by atoms with Gasteiger partial charge in [0.25, 0.3) is 5.91 Å². The van der Waals surface area contributed by atoms with Crippen LogP contribution in [0.1, 0.15) is 39.0 Å². The van der Waals surface area contributed by atoms with E-state index in [1.807, 2.05) is 24.3 Å². The molecule has 4 nitrogen and oxygen atoms in total. The fourth-order valence-corrected chi connectivity index (χ4v) is 2.55. The van der Waals surface area contributed by atoms with Gasteiger partial charge in [0.1, 0.15) is 11.5 Å². The molecule has 0 spiro atoms. The van der Waals surface area contributed by atoms with E-state index in [0.717, 1.165) is 12.2 Å². The lowest BCUT2D eigenvalue weighted by Crippen LogP contribution is -2.20. The van der Waals surface area contributed by atoms with Crippen LogP contribution in [0.2, 0.25) is 5.02 Å². The number of amides is 1. The summed E-state index contributed by atoms with van der Waals surface area (Å²) in [5.41, 5.74) is 0.683. The zero-order valence-corrected chi connectivity index (χ0v) is 15.9. The molecule has 0 saturated heterocycles. The standard InChI is InChI=1S/C21H26ClNO3/c1-2-3-4-5-6-14-25-19-8-7-9-20(15-19)26-16-21(24)23-18-12-10-17(22)11-13-18/h7-13,15H,2-6,14,16H2,1H3,(H,23,24). The third-order valence-corrected chi connectivity index (χ3v) is 4.07. The van der Waals surface area contributed by atoms with Gasteiger partial charge in [-0.1, -0.05) is 50.3 Å². The second kappa shape index (κ2) is 11.4. The number of halogens is 1. The van der Waals surface area contributed by atoms with Gasteiger partial charge in [-0.3, -0.25) is 4.79 Å². The van der Waals surface area contributed by atoms with Crippen LogP contribution in [0.25, 0.3) is 0 Å². The van der Waals surface area contributed by atoms with Gasteiger partial charge in [-0.25, -0.2) is 0 Å².